The highest BCUT2D eigenvalue weighted by Crippen LogP contribution is 2.13. The van der Waals surface area contributed by atoms with Crippen molar-refractivity contribution in [2.75, 3.05) is 6.26 Å². The normalized spacial score (nSPS) is 11.3. The third kappa shape index (κ3) is 3.56. The standard InChI is InChI=1S/C7H7BrN2O4S/c1-15(13,14)3-5-9-2-4(8)6(10-5)7(11)12/h2H,3H2,1H3,(H,11,12). The van der Waals surface area contributed by atoms with E-state index < -0.39 is 15.8 Å². The molecule has 0 fully saturated rings. The highest BCUT2D eigenvalue weighted by Gasteiger charge is 2.14. The highest BCUT2D eigenvalue weighted by molar-refractivity contribution is 9.10. The largest absolute Gasteiger partial charge is 0.476 e. The molecule has 0 atom stereocenters. The first-order valence-corrected chi connectivity index (χ1v) is 6.57. The molecule has 1 aromatic heterocycles. The topological polar surface area (TPSA) is 97.2 Å². The van der Waals surface area contributed by atoms with Crippen LogP contribution in [0.3, 0.4) is 0 Å². The molecular formula is C7H7BrN2O4S. The number of carboxylic acid groups (broad SMARTS) is 1. The third-order valence-electron chi connectivity index (χ3n) is 1.39. The quantitative estimate of drug-likeness (QED) is 0.871. The Bertz CT molecular complexity index is 500. The Hall–Kier alpha value is -1.02. The Kier molecular flexibility index (Phi) is 3.40. The number of hydrogen-bond acceptors (Lipinski definition) is 5. The van der Waals surface area contributed by atoms with Crippen LogP contribution in [-0.2, 0) is 15.6 Å². The van der Waals surface area contributed by atoms with Crippen molar-refractivity contribution in [1.29, 1.82) is 0 Å². The van der Waals surface area contributed by atoms with Gasteiger partial charge >= 0.3 is 5.97 Å². The van der Waals surface area contributed by atoms with Gasteiger partial charge in [-0.1, -0.05) is 0 Å². The second-order valence-electron chi connectivity index (χ2n) is 2.86. The van der Waals surface area contributed by atoms with E-state index >= 15 is 0 Å². The van der Waals surface area contributed by atoms with Crippen molar-refractivity contribution in [3.63, 3.8) is 0 Å². The van der Waals surface area contributed by atoms with Gasteiger partial charge in [0.1, 0.15) is 11.6 Å². The molecule has 0 amide bonds. The molecular weight excluding hydrogens is 288 g/mol. The number of carboxylic acids is 1. The number of nitrogens with zero attached hydrogens (tertiary/aromatic N) is 2. The molecule has 6 nitrogen and oxygen atoms in total. The van der Waals surface area contributed by atoms with Gasteiger partial charge in [-0.2, -0.15) is 0 Å². The monoisotopic (exact) mass is 294 g/mol. The second-order valence-corrected chi connectivity index (χ2v) is 5.85. The summed E-state index contributed by atoms with van der Waals surface area (Å²) in [6.07, 6.45) is 2.25. The smallest absolute Gasteiger partial charge is 0.355 e. The van der Waals surface area contributed by atoms with Gasteiger partial charge in [0.25, 0.3) is 0 Å². The van der Waals surface area contributed by atoms with Gasteiger partial charge in [-0.25, -0.2) is 23.2 Å². The lowest BCUT2D eigenvalue weighted by Gasteiger charge is -2.01. The average Bonchev–Trinajstić information content (AvgIpc) is 2.05. The Morgan fingerprint density at radius 2 is 2.20 bits per heavy atom. The Morgan fingerprint density at radius 1 is 1.60 bits per heavy atom. The summed E-state index contributed by atoms with van der Waals surface area (Å²) < 4.78 is 22.1. The van der Waals surface area contributed by atoms with E-state index in [0.29, 0.717) is 0 Å². The van der Waals surface area contributed by atoms with Crippen molar-refractivity contribution in [3.8, 4) is 0 Å². The van der Waals surface area contributed by atoms with Crippen LogP contribution >= 0.6 is 15.9 Å². The van der Waals surface area contributed by atoms with E-state index in [1.54, 1.807) is 0 Å². The first-order chi connectivity index (χ1) is 6.79. The number of hydrogen-bond donors (Lipinski definition) is 1. The molecule has 15 heavy (non-hydrogen) atoms. The zero-order valence-corrected chi connectivity index (χ0v) is 10.0. The molecule has 1 rings (SSSR count). The first-order valence-electron chi connectivity index (χ1n) is 3.72. The number of halogens is 1. The summed E-state index contributed by atoms with van der Waals surface area (Å²) in [5, 5.41) is 8.72. The van der Waals surface area contributed by atoms with Crippen molar-refractivity contribution in [3.05, 3.63) is 22.2 Å². The molecule has 0 radical (unpaired) electrons. The van der Waals surface area contributed by atoms with Gasteiger partial charge in [0.15, 0.2) is 15.5 Å². The zero-order chi connectivity index (χ0) is 11.6. The fourth-order valence-corrected chi connectivity index (χ4v) is 1.83. The third-order valence-corrected chi connectivity index (χ3v) is 2.75. The summed E-state index contributed by atoms with van der Waals surface area (Å²) in [4.78, 5) is 18.0. The molecule has 0 saturated heterocycles. The van der Waals surface area contributed by atoms with Crippen LogP contribution in [0.25, 0.3) is 0 Å². The number of carbonyl (C=O) groups is 1. The molecule has 1 heterocycles. The SMILES string of the molecule is CS(=O)(=O)Cc1ncc(Br)c(C(=O)O)n1. The predicted octanol–water partition coefficient (Wildman–Crippen LogP) is 0.482. The number of aromatic nitrogens is 2. The van der Waals surface area contributed by atoms with Crippen LogP contribution in [0.5, 0.6) is 0 Å². The van der Waals surface area contributed by atoms with Gasteiger partial charge in [-0.3, -0.25) is 0 Å². The zero-order valence-electron chi connectivity index (χ0n) is 7.64. The van der Waals surface area contributed by atoms with E-state index in [1.807, 2.05) is 0 Å². The van der Waals surface area contributed by atoms with Gasteiger partial charge in [0, 0.05) is 12.5 Å². The molecule has 0 unspecified atom stereocenters. The molecule has 1 aromatic rings. The molecule has 0 saturated carbocycles. The lowest BCUT2D eigenvalue weighted by atomic mass is 10.4. The molecule has 0 spiro atoms. The van der Waals surface area contributed by atoms with Crippen LogP contribution in [0.15, 0.2) is 10.7 Å². The van der Waals surface area contributed by atoms with Gasteiger partial charge in [-0.05, 0) is 15.9 Å². The van der Waals surface area contributed by atoms with Crippen LogP contribution in [-0.4, -0.2) is 35.7 Å². The Labute approximate surface area is 94.4 Å². The van der Waals surface area contributed by atoms with Crippen LogP contribution in [0.4, 0.5) is 0 Å². The van der Waals surface area contributed by atoms with E-state index in [2.05, 4.69) is 25.9 Å². The van der Waals surface area contributed by atoms with E-state index in [0.717, 1.165) is 6.26 Å². The van der Waals surface area contributed by atoms with Crippen LogP contribution < -0.4 is 0 Å². The van der Waals surface area contributed by atoms with Gasteiger partial charge in [0.2, 0.25) is 0 Å². The molecule has 82 valence electrons. The highest BCUT2D eigenvalue weighted by atomic mass is 79.9. The molecule has 0 aliphatic carbocycles. The first kappa shape index (κ1) is 12.1. The summed E-state index contributed by atoms with van der Waals surface area (Å²) >= 11 is 2.96. The van der Waals surface area contributed by atoms with Crippen LogP contribution in [0.1, 0.15) is 16.3 Å². The summed E-state index contributed by atoms with van der Waals surface area (Å²) in [6.45, 7) is 0. The van der Waals surface area contributed by atoms with Crippen molar-refractivity contribution < 1.29 is 18.3 Å². The maximum Gasteiger partial charge on any atom is 0.355 e. The van der Waals surface area contributed by atoms with Crippen molar-refractivity contribution in [2.24, 2.45) is 0 Å². The van der Waals surface area contributed by atoms with E-state index in [-0.39, 0.29) is 21.7 Å². The van der Waals surface area contributed by atoms with Gasteiger partial charge in [0.05, 0.1) is 4.47 Å². The lowest BCUT2D eigenvalue weighted by molar-refractivity contribution is 0.0688. The molecule has 0 aliphatic heterocycles. The minimum absolute atomic E-state index is 0.0295. The fraction of sp³-hybridized carbons (Fsp3) is 0.286. The molecule has 8 heteroatoms. The molecule has 0 aliphatic rings. The molecule has 1 N–H and O–H groups in total. The van der Waals surface area contributed by atoms with Crippen LogP contribution in [0.2, 0.25) is 0 Å². The average molecular weight is 295 g/mol. The van der Waals surface area contributed by atoms with E-state index in [1.165, 1.54) is 6.20 Å². The Balaban J connectivity index is 3.14. The predicted molar refractivity (Wildman–Crippen MR) is 55.2 cm³/mol. The lowest BCUT2D eigenvalue weighted by Crippen LogP contribution is -2.10. The van der Waals surface area contributed by atoms with Gasteiger partial charge < -0.3 is 5.11 Å². The van der Waals surface area contributed by atoms with Gasteiger partial charge in [-0.15, -0.1) is 0 Å². The number of rotatable bonds is 3. The van der Waals surface area contributed by atoms with E-state index in [9.17, 15) is 13.2 Å². The van der Waals surface area contributed by atoms with Crippen molar-refractivity contribution in [1.82, 2.24) is 9.97 Å². The molecule has 0 aromatic carbocycles. The minimum Gasteiger partial charge on any atom is -0.476 e. The maximum atomic E-state index is 10.9. The van der Waals surface area contributed by atoms with Crippen molar-refractivity contribution >= 4 is 31.7 Å². The summed E-state index contributed by atoms with van der Waals surface area (Å²) in [6, 6.07) is 0. The number of sulfone groups is 1. The Morgan fingerprint density at radius 3 is 2.67 bits per heavy atom. The molecule has 0 bridgehead atoms. The maximum absolute atomic E-state index is 10.9. The minimum atomic E-state index is -3.27. The van der Waals surface area contributed by atoms with Crippen LogP contribution in [0, 0.1) is 0 Å². The fourth-order valence-electron chi connectivity index (χ4n) is 0.858. The number of aromatic carboxylic acids is 1. The second kappa shape index (κ2) is 4.23. The van der Waals surface area contributed by atoms with Crippen molar-refractivity contribution in [2.45, 2.75) is 5.75 Å². The summed E-state index contributed by atoms with van der Waals surface area (Å²) in [5.74, 6) is -1.64. The summed E-state index contributed by atoms with van der Waals surface area (Å²) in [7, 11) is -3.27. The van der Waals surface area contributed by atoms with E-state index in [4.69, 9.17) is 5.11 Å². The summed E-state index contributed by atoms with van der Waals surface area (Å²) in [5.41, 5.74) is -0.247.